The number of ether oxygens (including phenoxy) is 3. The van der Waals surface area contributed by atoms with Crippen molar-refractivity contribution in [2.45, 2.75) is 24.8 Å². The van der Waals surface area contributed by atoms with Gasteiger partial charge >= 0.3 is 0 Å². The van der Waals surface area contributed by atoms with Crippen LogP contribution in [-0.2, 0) is 10.0 Å². The third kappa shape index (κ3) is 5.11. The number of para-hydroxylation sites is 2. The van der Waals surface area contributed by atoms with Gasteiger partial charge < -0.3 is 14.2 Å². The van der Waals surface area contributed by atoms with Crippen molar-refractivity contribution in [2.75, 3.05) is 14.2 Å². The zero-order valence-corrected chi connectivity index (χ0v) is 21.0. The lowest BCUT2D eigenvalue weighted by Crippen LogP contribution is -2.16. The second-order valence-corrected chi connectivity index (χ2v) is 9.52. The predicted octanol–water partition coefficient (Wildman–Crippen LogP) is 4.18. The van der Waals surface area contributed by atoms with Crippen LogP contribution in [0.1, 0.15) is 25.3 Å². The Morgan fingerprint density at radius 3 is 2.25 bits per heavy atom. The average molecular weight is 508 g/mol. The van der Waals surface area contributed by atoms with Crippen LogP contribution in [0.3, 0.4) is 0 Å². The Morgan fingerprint density at radius 2 is 1.64 bits per heavy atom. The topological polar surface area (TPSA) is 139 Å². The summed E-state index contributed by atoms with van der Waals surface area (Å²) in [6.07, 6.45) is 4.68. The van der Waals surface area contributed by atoms with Crippen LogP contribution in [0.25, 0.3) is 22.6 Å². The van der Waals surface area contributed by atoms with Crippen molar-refractivity contribution >= 4 is 10.0 Å². The lowest BCUT2D eigenvalue weighted by atomic mass is 10.0. The van der Waals surface area contributed by atoms with E-state index in [0.717, 1.165) is 5.56 Å². The third-order valence-electron chi connectivity index (χ3n) is 5.31. The van der Waals surface area contributed by atoms with E-state index in [1.807, 2.05) is 13.8 Å². The average Bonchev–Trinajstić information content (AvgIpc) is 2.88. The second kappa shape index (κ2) is 10.3. The zero-order valence-electron chi connectivity index (χ0n) is 20.2. The van der Waals surface area contributed by atoms with Crippen LogP contribution in [0.15, 0.2) is 66.1 Å². The highest BCUT2D eigenvalue weighted by Gasteiger charge is 2.27. The first kappa shape index (κ1) is 25.0. The minimum absolute atomic E-state index is 0.0489. The molecule has 0 saturated carbocycles. The summed E-state index contributed by atoms with van der Waals surface area (Å²) in [6, 6.07) is 12.1. The van der Waals surface area contributed by atoms with Gasteiger partial charge in [0.25, 0.3) is 15.9 Å². The molecule has 0 saturated heterocycles. The fourth-order valence-electron chi connectivity index (χ4n) is 3.47. The van der Waals surface area contributed by atoms with Gasteiger partial charge in [0.15, 0.2) is 22.3 Å². The molecule has 11 heteroatoms. The summed E-state index contributed by atoms with van der Waals surface area (Å²) in [7, 11) is -1.28. The molecule has 4 rings (SSSR count). The van der Waals surface area contributed by atoms with Gasteiger partial charge in [-0.05, 0) is 41.8 Å². The normalized spacial score (nSPS) is 11.4. The Labute approximate surface area is 209 Å². The fraction of sp³-hybridized carbons (Fsp3) is 0.200. The summed E-state index contributed by atoms with van der Waals surface area (Å²) in [5.41, 5.74) is 1.71. The van der Waals surface area contributed by atoms with Crippen molar-refractivity contribution in [1.29, 1.82) is 0 Å². The van der Waals surface area contributed by atoms with Crippen LogP contribution in [0.5, 0.6) is 23.1 Å². The summed E-state index contributed by atoms with van der Waals surface area (Å²) in [6.45, 7) is 3.93. The van der Waals surface area contributed by atoms with Gasteiger partial charge in [0.1, 0.15) is 5.69 Å². The van der Waals surface area contributed by atoms with Gasteiger partial charge in [-0.25, -0.2) is 23.5 Å². The van der Waals surface area contributed by atoms with E-state index in [9.17, 15) is 8.42 Å². The summed E-state index contributed by atoms with van der Waals surface area (Å²) in [4.78, 5) is 17.4. The Bertz CT molecular complexity index is 1490. The van der Waals surface area contributed by atoms with Gasteiger partial charge in [0.05, 0.1) is 14.2 Å². The van der Waals surface area contributed by atoms with Crippen molar-refractivity contribution in [3.05, 3.63) is 66.6 Å². The molecule has 0 atom stereocenters. The first-order valence-electron chi connectivity index (χ1n) is 10.9. The summed E-state index contributed by atoms with van der Waals surface area (Å²) < 4.78 is 42.3. The first-order valence-corrected chi connectivity index (χ1v) is 12.5. The monoisotopic (exact) mass is 507 g/mol. The van der Waals surface area contributed by atoms with E-state index in [-0.39, 0.29) is 39.7 Å². The molecule has 0 unspecified atom stereocenters. The maximum Gasteiger partial charge on any atom is 0.261 e. The number of rotatable bonds is 8. The molecule has 36 heavy (non-hydrogen) atoms. The van der Waals surface area contributed by atoms with Crippen molar-refractivity contribution < 1.29 is 22.6 Å². The van der Waals surface area contributed by atoms with Gasteiger partial charge in [-0.1, -0.05) is 26.0 Å². The molecule has 0 bridgehead atoms. The smallest absolute Gasteiger partial charge is 0.261 e. The Morgan fingerprint density at radius 1 is 0.944 bits per heavy atom. The van der Waals surface area contributed by atoms with Gasteiger partial charge in [-0.15, -0.1) is 0 Å². The Balaban J connectivity index is 2.07. The standard InChI is InChI=1S/C25H25N5O5S/c1-15(2)17-13-18(25(28-14-17)36(26,31)32)21-22(35-20-8-6-5-7-19(20)33-3)24(34-4)30-23(29-21)16-9-11-27-12-10-16/h5-15H,1-4H3,(H2,26,31,32). The number of aromatic nitrogens is 4. The third-order valence-corrected chi connectivity index (χ3v) is 6.18. The zero-order chi connectivity index (χ0) is 25.9. The molecular formula is C25H25N5O5S. The molecule has 0 spiro atoms. The number of hydrogen-bond donors (Lipinski definition) is 1. The molecule has 4 aromatic rings. The number of sulfonamides is 1. The molecular weight excluding hydrogens is 482 g/mol. The van der Waals surface area contributed by atoms with Gasteiger partial charge in [0.2, 0.25) is 5.75 Å². The van der Waals surface area contributed by atoms with E-state index in [0.29, 0.717) is 17.1 Å². The highest BCUT2D eigenvalue weighted by Crippen LogP contribution is 2.44. The SMILES string of the molecule is COc1ccccc1Oc1c(OC)nc(-c2ccncc2)nc1-c1cc(C(C)C)cnc1S(N)(=O)=O. The van der Waals surface area contributed by atoms with Crippen LogP contribution in [0.4, 0.5) is 0 Å². The highest BCUT2D eigenvalue weighted by atomic mass is 32.2. The largest absolute Gasteiger partial charge is 0.493 e. The van der Waals surface area contributed by atoms with Gasteiger partial charge in [0, 0.05) is 29.7 Å². The van der Waals surface area contributed by atoms with Gasteiger partial charge in [-0.2, -0.15) is 4.98 Å². The molecule has 0 amide bonds. The molecule has 1 aromatic carbocycles. The van der Waals surface area contributed by atoms with Crippen LogP contribution in [0.2, 0.25) is 0 Å². The molecule has 0 aliphatic carbocycles. The molecule has 10 nitrogen and oxygen atoms in total. The first-order chi connectivity index (χ1) is 17.2. The molecule has 0 aliphatic rings. The van der Waals surface area contributed by atoms with Gasteiger partial charge in [-0.3, -0.25) is 4.98 Å². The van der Waals surface area contributed by atoms with E-state index < -0.39 is 10.0 Å². The van der Waals surface area contributed by atoms with Crippen LogP contribution >= 0.6 is 0 Å². The van der Waals surface area contributed by atoms with E-state index in [4.69, 9.17) is 24.3 Å². The summed E-state index contributed by atoms with van der Waals surface area (Å²) >= 11 is 0. The summed E-state index contributed by atoms with van der Waals surface area (Å²) in [5.74, 6) is 1.27. The van der Waals surface area contributed by atoms with Crippen LogP contribution < -0.4 is 19.3 Å². The van der Waals surface area contributed by atoms with E-state index in [1.54, 1.807) is 54.9 Å². The number of nitrogens with zero attached hydrogens (tertiary/aromatic N) is 4. The molecule has 0 radical (unpaired) electrons. The van der Waals surface area contributed by atoms with Crippen molar-refractivity contribution in [2.24, 2.45) is 5.14 Å². The van der Waals surface area contributed by atoms with Crippen molar-refractivity contribution in [3.63, 3.8) is 0 Å². The predicted molar refractivity (Wildman–Crippen MR) is 134 cm³/mol. The van der Waals surface area contributed by atoms with E-state index in [1.165, 1.54) is 20.4 Å². The Hall–Kier alpha value is -4.09. The molecule has 186 valence electrons. The molecule has 0 fully saturated rings. The minimum Gasteiger partial charge on any atom is -0.493 e. The number of nitrogens with two attached hydrogens (primary N) is 1. The molecule has 2 N–H and O–H groups in total. The lowest BCUT2D eigenvalue weighted by Gasteiger charge is -2.18. The Kier molecular flexibility index (Phi) is 7.13. The number of pyridine rings is 2. The molecule has 0 aliphatic heterocycles. The van der Waals surface area contributed by atoms with Crippen molar-refractivity contribution in [1.82, 2.24) is 19.9 Å². The summed E-state index contributed by atoms with van der Waals surface area (Å²) in [5, 5.41) is 5.21. The van der Waals surface area contributed by atoms with Crippen molar-refractivity contribution in [3.8, 4) is 45.8 Å². The number of methoxy groups -OCH3 is 2. The number of benzene rings is 1. The fourth-order valence-corrected chi connectivity index (χ4v) is 4.13. The van der Waals surface area contributed by atoms with E-state index in [2.05, 4.69) is 15.0 Å². The quantitative estimate of drug-likeness (QED) is 0.372. The molecule has 3 heterocycles. The maximum absolute atomic E-state index is 12.6. The number of primary sulfonamides is 1. The molecule has 3 aromatic heterocycles. The number of hydrogen-bond acceptors (Lipinski definition) is 9. The second-order valence-electron chi connectivity index (χ2n) is 8.04. The van der Waals surface area contributed by atoms with Crippen LogP contribution in [-0.4, -0.2) is 42.6 Å². The lowest BCUT2D eigenvalue weighted by molar-refractivity contribution is 0.347. The highest BCUT2D eigenvalue weighted by molar-refractivity contribution is 7.89. The van der Waals surface area contributed by atoms with Crippen LogP contribution in [0, 0.1) is 0 Å². The van der Waals surface area contributed by atoms with E-state index >= 15 is 0 Å². The maximum atomic E-state index is 12.6. The minimum atomic E-state index is -4.23.